The minimum atomic E-state index is -0.239. The van der Waals surface area contributed by atoms with Crippen molar-refractivity contribution in [2.45, 2.75) is 19.9 Å². The average molecular weight is 457 g/mol. The second-order valence-electron chi connectivity index (χ2n) is 5.62. The Morgan fingerprint density at radius 2 is 1.92 bits per heavy atom. The molecular weight excluding hydrogens is 436 g/mol. The number of nitrogens with one attached hydrogen (secondary N) is 1. The van der Waals surface area contributed by atoms with Crippen LogP contribution in [-0.2, 0) is 6.54 Å². The molecule has 0 aromatic heterocycles. The van der Waals surface area contributed by atoms with Crippen molar-refractivity contribution in [1.29, 1.82) is 0 Å². The number of halogens is 2. The molecule has 0 aliphatic carbocycles. The zero-order chi connectivity index (χ0) is 16.9. The highest BCUT2D eigenvalue weighted by Crippen LogP contribution is 2.32. The van der Waals surface area contributed by atoms with Gasteiger partial charge in [0.15, 0.2) is 17.5 Å². The van der Waals surface area contributed by atoms with Crippen LogP contribution >= 0.6 is 24.0 Å². The molecule has 134 valence electrons. The SMILES string of the molecule is Cc1ccc(CN=C(N)Nc2ccc3c(c2)OCCCO3)cc1F.I. The molecule has 0 spiro atoms. The second kappa shape index (κ2) is 8.89. The second-order valence-corrected chi connectivity index (χ2v) is 5.62. The molecular formula is C18H21FIN3O2. The minimum Gasteiger partial charge on any atom is -0.490 e. The molecule has 0 radical (unpaired) electrons. The van der Waals surface area contributed by atoms with Crippen molar-refractivity contribution in [2.75, 3.05) is 18.5 Å². The van der Waals surface area contributed by atoms with Crippen molar-refractivity contribution in [3.63, 3.8) is 0 Å². The summed E-state index contributed by atoms with van der Waals surface area (Å²) in [6.45, 7) is 3.30. The Kier molecular flexibility index (Phi) is 6.86. The fourth-order valence-electron chi connectivity index (χ4n) is 2.34. The number of aliphatic imine (C=N–C) groups is 1. The van der Waals surface area contributed by atoms with Gasteiger partial charge in [0.25, 0.3) is 0 Å². The average Bonchev–Trinajstić information content (AvgIpc) is 2.81. The topological polar surface area (TPSA) is 68.9 Å². The van der Waals surface area contributed by atoms with Crippen molar-refractivity contribution in [1.82, 2.24) is 0 Å². The predicted octanol–water partition coefficient (Wildman–Crippen LogP) is 3.84. The monoisotopic (exact) mass is 457 g/mol. The van der Waals surface area contributed by atoms with Crippen LogP contribution in [0, 0.1) is 12.7 Å². The number of fused-ring (bicyclic) bond motifs is 1. The summed E-state index contributed by atoms with van der Waals surface area (Å²) in [6.07, 6.45) is 0.855. The Morgan fingerprint density at radius 1 is 1.16 bits per heavy atom. The molecule has 25 heavy (non-hydrogen) atoms. The molecule has 0 amide bonds. The molecule has 2 aromatic rings. The molecule has 0 saturated carbocycles. The summed E-state index contributed by atoms with van der Waals surface area (Å²) in [7, 11) is 0. The van der Waals surface area contributed by atoms with Crippen molar-refractivity contribution in [2.24, 2.45) is 10.7 Å². The number of guanidine groups is 1. The van der Waals surface area contributed by atoms with Crippen molar-refractivity contribution >= 4 is 35.6 Å². The van der Waals surface area contributed by atoms with Gasteiger partial charge in [0, 0.05) is 18.2 Å². The van der Waals surface area contributed by atoms with E-state index in [1.165, 1.54) is 6.07 Å². The number of benzene rings is 2. The van der Waals surface area contributed by atoms with E-state index in [0.29, 0.717) is 31.1 Å². The third kappa shape index (κ3) is 5.22. The van der Waals surface area contributed by atoms with Gasteiger partial charge < -0.3 is 20.5 Å². The fraction of sp³-hybridized carbons (Fsp3) is 0.278. The molecule has 0 fully saturated rings. The van der Waals surface area contributed by atoms with Crippen LogP contribution in [0.5, 0.6) is 11.5 Å². The molecule has 0 unspecified atom stereocenters. The van der Waals surface area contributed by atoms with E-state index in [-0.39, 0.29) is 35.8 Å². The van der Waals surface area contributed by atoms with E-state index >= 15 is 0 Å². The van der Waals surface area contributed by atoms with Crippen LogP contribution in [0.25, 0.3) is 0 Å². The van der Waals surface area contributed by atoms with Crippen LogP contribution in [0.2, 0.25) is 0 Å². The van der Waals surface area contributed by atoms with Gasteiger partial charge in [-0.05, 0) is 36.2 Å². The maximum Gasteiger partial charge on any atom is 0.193 e. The van der Waals surface area contributed by atoms with Crippen LogP contribution in [-0.4, -0.2) is 19.2 Å². The molecule has 2 aromatic carbocycles. The number of nitrogens with zero attached hydrogens (tertiary/aromatic N) is 1. The molecule has 3 rings (SSSR count). The lowest BCUT2D eigenvalue weighted by Crippen LogP contribution is -2.22. The third-order valence-electron chi connectivity index (χ3n) is 3.69. The Bertz CT molecular complexity index is 768. The van der Waals surface area contributed by atoms with Crippen molar-refractivity contribution < 1.29 is 13.9 Å². The van der Waals surface area contributed by atoms with Crippen molar-refractivity contribution in [3.05, 3.63) is 53.3 Å². The number of nitrogens with two attached hydrogens (primary N) is 1. The Balaban J connectivity index is 0.00000225. The van der Waals surface area contributed by atoms with Gasteiger partial charge in [-0.3, -0.25) is 0 Å². The summed E-state index contributed by atoms with van der Waals surface area (Å²) in [5.41, 5.74) is 8.04. The van der Waals surface area contributed by atoms with Crippen LogP contribution in [0.1, 0.15) is 17.5 Å². The Hall–Kier alpha value is -2.03. The number of ether oxygens (including phenoxy) is 2. The Labute approximate surface area is 163 Å². The molecule has 1 aliphatic rings. The quantitative estimate of drug-likeness (QED) is 0.418. The standard InChI is InChI=1S/C18H20FN3O2.HI/c1-12-3-4-13(9-15(12)19)11-21-18(20)22-14-5-6-16-17(10-14)24-8-2-7-23-16;/h3-6,9-10H,2,7-8,11H2,1H3,(H3,20,21,22);1H. The lowest BCUT2D eigenvalue weighted by atomic mass is 10.1. The largest absolute Gasteiger partial charge is 0.490 e. The normalized spacial score (nSPS) is 13.6. The number of anilines is 1. The van der Waals surface area contributed by atoms with E-state index in [0.717, 1.165) is 23.4 Å². The summed E-state index contributed by atoms with van der Waals surface area (Å²) in [5, 5.41) is 3.01. The summed E-state index contributed by atoms with van der Waals surface area (Å²) in [5.74, 6) is 1.43. The maximum absolute atomic E-state index is 13.5. The van der Waals surface area contributed by atoms with E-state index in [2.05, 4.69) is 10.3 Å². The van der Waals surface area contributed by atoms with E-state index in [9.17, 15) is 4.39 Å². The highest BCUT2D eigenvalue weighted by Gasteiger charge is 2.10. The first kappa shape index (κ1) is 19.3. The minimum absolute atomic E-state index is 0. The fourth-order valence-corrected chi connectivity index (χ4v) is 2.34. The van der Waals surface area contributed by atoms with Gasteiger partial charge in [0.05, 0.1) is 19.8 Å². The van der Waals surface area contributed by atoms with Crippen LogP contribution in [0.3, 0.4) is 0 Å². The molecule has 1 aliphatic heterocycles. The van der Waals surface area contributed by atoms with Crippen LogP contribution in [0.4, 0.5) is 10.1 Å². The van der Waals surface area contributed by atoms with Crippen LogP contribution < -0.4 is 20.5 Å². The van der Waals surface area contributed by atoms with Gasteiger partial charge in [-0.15, -0.1) is 24.0 Å². The zero-order valence-corrected chi connectivity index (χ0v) is 16.3. The number of aryl methyl sites for hydroxylation is 1. The first-order chi connectivity index (χ1) is 11.6. The molecule has 0 bridgehead atoms. The molecule has 7 heteroatoms. The first-order valence-electron chi connectivity index (χ1n) is 7.83. The lowest BCUT2D eigenvalue weighted by molar-refractivity contribution is 0.297. The van der Waals surface area contributed by atoms with Gasteiger partial charge in [-0.2, -0.15) is 0 Å². The summed E-state index contributed by atoms with van der Waals surface area (Å²) in [6, 6.07) is 10.6. The number of rotatable bonds is 3. The van der Waals surface area contributed by atoms with E-state index in [1.54, 1.807) is 13.0 Å². The number of hydrogen-bond donors (Lipinski definition) is 2. The Morgan fingerprint density at radius 3 is 2.68 bits per heavy atom. The van der Waals surface area contributed by atoms with Gasteiger partial charge in [0.2, 0.25) is 0 Å². The van der Waals surface area contributed by atoms with Gasteiger partial charge in [-0.1, -0.05) is 12.1 Å². The maximum atomic E-state index is 13.5. The summed E-state index contributed by atoms with van der Waals surface area (Å²) >= 11 is 0. The van der Waals surface area contributed by atoms with Gasteiger partial charge >= 0.3 is 0 Å². The predicted molar refractivity (Wildman–Crippen MR) is 108 cm³/mol. The first-order valence-corrected chi connectivity index (χ1v) is 7.83. The van der Waals surface area contributed by atoms with E-state index in [4.69, 9.17) is 15.2 Å². The highest BCUT2D eigenvalue weighted by atomic mass is 127. The van der Waals surface area contributed by atoms with Gasteiger partial charge in [0.1, 0.15) is 5.82 Å². The molecule has 3 N–H and O–H groups in total. The zero-order valence-electron chi connectivity index (χ0n) is 13.9. The molecule has 0 atom stereocenters. The lowest BCUT2D eigenvalue weighted by Gasteiger charge is -2.10. The molecule has 1 heterocycles. The van der Waals surface area contributed by atoms with Gasteiger partial charge in [-0.25, -0.2) is 9.38 Å². The van der Waals surface area contributed by atoms with Crippen molar-refractivity contribution in [3.8, 4) is 11.5 Å². The summed E-state index contributed by atoms with van der Waals surface area (Å²) in [4.78, 5) is 4.24. The summed E-state index contributed by atoms with van der Waals surface area (Å²) < 4.78 is 24.7. The number of hydrogen-bond acceptors (Lipinski definition) is 3. The highest BCUT2D eigenvalue weighted by molar-refractivity contribution is 14.0. The smallest absolute Gasteiger partial charge is 0.193 e. The molecule has 5 nitrogen and oxygen atoms in total. The van der Waals surface area contributed by atoms with Crippen LogP contribution in [0.15, 0.2) is 41.4 Å². The van der Waals surface area contributed by atoms with E-state index in [1.807, 2.05) is 24.3 Å². The molecule has 0 saturated heterocycles. The third-order valence-corrected chi connectivity index (χ3v) is 3.69. The van der Waals surface area contributed by atoms with E-state index < -0.39 is 0 Å².